The molecule has 156 valence electrons. The highest BCUT2D eigenvalue weighted by atomic mass is 32.2. The summed E-state index contributed by atoms with van der Waals surface area (Å²) in [5.74, 6) is -0.334. The van der Waals surface area contributed by atoms with Gasteiger partial charge in [0.2, 0.25) is 15.9 Å². The minimum atomic E-state index is -3.79. The van der Waals surface area contributed by atoms with Crippen LogP contribution in [0.15, 0.2) is 95.9 Å². The first kappa shape index (κ1) is 21.7. The van der Waals surface area contributed by atoms with Crippen LogP contribution < -0.4 is 5.32 Å². The fourth-order valence-corrected chi connectivity index (χ4v) is 4.61. The van der Waals surface area contributed by atoms with Gasteiger partial charge in [0.15, 0.2) is 0 Å². The van der Waals surface area contributed by atoms with Crippen LogP contribution in [0.4, 0.5) is 0 Å². The fourth-order valence-electron chi connectivity index (χ4n) is 3.20. The smallest absolute Gasteiger partial charge is 0.243 e. The first-order chi connectivity index (χ1) is 14.5. The van der Waals surface area contributed by atoms with Gasteiger partial charge in [-0.1, -0.05) is 78.9 Å². The first-order valence-electron chi connectivity index (χ1n) is 9.90. The standard InChI is InChI=1S/C24H26N2O3S/c1-20(22-13-7-3-8-14-22)25-24(27)19-26(18-17-21-11-5-2-6-12-21)30(28,29)23-15-9-4-10-16-23/h2-16,20H,17-19H2,1H3,(H,25,27)/t20-/m1/s1. The zero-order chi connectivity index (χ0) is 21.4. The number of benzene rings is 3. The Kier molecular flexibility index (Phi) is 7.38. The maximum absolute atomic E-state index is 13.2. The average molecular weight is 423 g/mol. The predicted molar refractivity (Wildman–Crippen MR) is 118 cm³/mol. The Morgan fingerprint density at radius 1 is 0.867 bits per heavy atom. The van der Waals surface area contributed by atoms with E-state index < -0.39 is 10.0 Å². The van der Waals surface area contributed by atoms with Gasteiger partial charge in [-0.15, -0.1) is 0 Å². The summed E-state index contributed by atoms with van der Waals surface area (Å²) in [5, 5.41) is 2.90. The predicted octanol–water partition coefficient (Wildman–Crippen LogP) is 3.80. The summed E-state index contributed by atoms with van der Waals surface area (Å²) in [5.41, 5.74) is 1.98. The number of amides is 1. The monoisotopic (exact) mass is 422 g/mol. The van der Waals surface area contributed by atoms with Gasteiger partial charge in [0.05, 0.1) is 17.5 Å². The highest BCUT2D eigenvalue weighted by Gasteiger charge is 2.26. The molecule has 0 radical (unpaired) electrons. The van der Waals surface area contributed by atoms with Crippen LogP contribution in [-0.4, -0.2) is 31.7 Å². The van der Waals surface area contributed by atoms with Gasteiger partial charge in [0, 0.05) is 6.54 Å². The molecule has 0 aliphatic carbocycles. The van der Waals surface area contributed by atoms with Gasteiger partial charge >= 0.3 is 0 Å². The molecule has 0 heterocycles. The molecule has 0 fully saturated rings. The zero-order valence-corrected chi connectivity index (χ0v) is 17.8. The van der Waals surface area contributed by atoms with Gasteiger partial charge in [0.25, 0.3) is 0 Å². The molecule has 1 atom stereocenters. The Hall–Kier alpha value is -2.96. The Morgan fingerprint density at radius 2 is 1.40 bits per heavy atom. The maximum atomic E-state index is 13.2. The number of carbonyl (C=O) groups is 1. The van der Waals surface area contributed by atoms with E-state index in [1.165, 1.54) is 4.31 Å². The quantitative estimate of drug-likeness (QED) is 0.570. The lowest BCUT2D eigenvalue weighted by Crippen LogP contribution is -2.42. The summed E-state index contributed by atoms with van der Waals surface area (Å²) in [6.45, 7) is 1.86. The Labute approximate surface area is 178 Å². The molecule has 3 rings (SSSR count). The third kappa shape index (κ3) is 5.78. The lowest BCUT2D eigenvalue weighted by Gasteiger charge is -2.23. The SMILES string of the molecule is C[C@@H](NC(=O)CN(CCc1ccccc1)S(=O)(=O)c1ccccc1)c1ccccc1. The molecule has 0 spiro atoms. The molecule has 6 heteroatoms. The van der Waals surface area contributed by atoms with Crippen LogP contribution in [0.1, 0.15) is 24.1 Å². The van der Waals surface area contributed by atoms with Crippen LogP contribution in [0.5, 0.6) is 0 Å². The van der Waals surface area contributed by atoms with Crippen LogP contribution in [0.25, 0.3) is 0 Å². The summed E-state index contributed by atoms with van der Waals surface area (Å²) in [7, 11) is -3.79. The van der Waals surface area contributed by atoms with Gasteiger partial charge in [-0.25, -0.2) is 8.42 Å². The van der Waals surface area contributed by atoms with Gasteiger partial charge in [-0.05, 0) is 36.6 Å². The Balaban J connectivity index is 1.75. The van der Waals surface area contributed by atoms with Crippen molar-refractivity contribution >= 4 is 15.9 Å². The lowest BCUT2D eigenvalue weighted by atomic mass is 10.1. The number of sulfonamides is 1. The molecule has 0 unspecified atom stereocenters. The zero-order valence-electron chi connectivity index (χ0n) is 16.9. The van der Waals surface area contributed by atoms with E-state index in [4.69, 9.17) is 0 Å². The molecule has 0 bridgehead atoms. The van der Waals surface area contributed by atoms with Gasteiger partial charge in [-0.3, -0.25) is 4.79 Å². The minimum Gasteiger partial charge on any atom is -0.348 e. The van der Waals surface area contributed by atoms with E-state index in [-0.39, 0.29) is 29.9 Å². The minimum absolute atomic E-state index is 0.182. The molecule has 5 nitrogen and oxygen atoms in total. The average Bonchev–Trinajstić information content (AvgIpc) is 2.78. The van der Waals surface area contributed by atoms with Crippen molar-refractivity contribution in [3.8, 4) is 0 Å². The number of hydrogen-bond acceptors (Lipinski definition) is 3. The van der Waals surface area contributed by atoms with Crippen molar-refractivity contribution in [1.29, 1.82) is 0 Å². The second-order valence-corrected chi connectivity index (χ2v) is 9.03. The second kappa shape index (κ2) is 10.2. The highest BCUT2D eigenvalue weighted by Crippen LogP contribution is 2.17. The van der Waals surface area contributed by atoms with Gasteiger partial charge < -0.3 is 5.32 Å². The van der Waals surface area contributed by atoms with Crippen molar-refractivity contribution in [3.63, 3.8) is 0 Å². The molecule has 30 heavy (non-hydrogen) atoms. The summed E-state index contributed by atoms with van der Waals surface area (Å²) in [4.78, 5) is 12.9. The topological polar surface area (TPSA) is 66.5 Å². The number of rotatable bonds is 9. The van der Waals surface area contributed by atoms with E-state index in [9.17, 15) is 13.2 Å². The summed E-state index contributed by atoms with van der Waals surface area (Å²) in [6, 6.07) is 27.2. The van der Waals surface area contributed by atoms with Crippen LogP contribution in [0.3, 0.4) is 0 Å². The van der Waals surface area contributed by atoms with Crippen LogP contribution in [0.2, 0.25) is 0 Å². The molecule has 0 aliphatic rings. The third-order valence-electron chi connectivity index (χ3n) is 4.87. The molecular formula is C24H26N2O3S. The van der Waals surface area contributed by atoms with Crippen molar-refractivity contribution < 1.29 is 13.2 Å². The second-order valence-electron chi connectivity index (χ2n) is 7.09. The normalized spacial score (nSPS) is 12.5. The maximum Gasteiger partial charge on any atom is 0.243 e. The third-order valence-corrected chi connectivity index (χ3v) is 6.73. The van der Waals surface area contributed by atoms with Gasteiger partial charge in [0.1, 0.15) is 0 Å². The molecule has 3 aromatic rings. The molecule has 1 N–H and O–H groups in total. The number of nitrogens with zero attached hydrogens (tertiary/aromatic N) is 1. The number of hydrogen-bond donors (Lipinski definition) is 1. The van der Waals surface area contributed by atoms with E-state index in [2.05, 4.69) is 5.32 Å². The molecule has 0 saturated carbocycles. The molecule has 0 aliphatic heterocycles. The summed E-state index contributed by atoms with van der Waals surface area (Å²) >= 11 is 0. The first-order valence-corrected chi connectivity index (χ1v) is 11.3. The molecule has 0 saturated heterocycles. The van der Waals surface area contributed by atoms with Crippen molar-refractivity contribution in [2.45, 2.75) is 24.3 Å². The van der Waals surface area contributed by atoms with E-state index >= 15 is 0 Å². The number of nitrogens with one attached hydrogen (secondary N) is 1. The van der Waals surface area contributed by atoms with E-state index in [0.29, 0.717) is 6.42 Å². The van der Waals surface area contributed by atoms with Crippen LogP contribution in [-0.2, 0) is 21.2 Å². The van der Waals surface area contributed by atoms with Gasteiger partial charge in [-0.2, -0.15) is 4.31 Å². The van der Waals surface area contributed by atoms with Crippen molar-refractivity contribution in [1.82, 2.24) is 9.62 Å². The number of carbonyl (C=O) groups excluding carboxylic acids is 1. The Bertz CT molecular complexity index is 1040. The molecule has 1 amide bonds. The van der Waals surface area contributed by atoms with Crippen molar-refractivity contribution in [3.05, 3.63) is 102 Å². The largest absolute Gasteiger partial charge is 0.348 e. The van der Waals surface area contributed by atoms with E-state index in [1.807, 2.05) is 67.6 Å². The summed E-state index contributed by atoms with van der Waals surface area (Å²) < 4.78 is 27.6. The van der Waals surface area contributed by atoms with E-state index in [0.717, 1.165) is 11.1 Å². The summed E-state index contributed by atoms with van der Waals surface area (Å²) in [6.07, 6.45) is 0.522. The van der Waals surface area contributed by atoms with Crippen LogP contribution >= 0.6 is 0 Å². The molecule has 3 aromatic carbocycles. The van der Waals surface area contributed by atoms with Crippen LogP contribution in [0, 0.1) is 0 Å². The Morgan fingerprint density at radius 3 is 2.00 bits per heavy atom. The van der Waals surface area contributed by atoms with Crippen molar-refractivity contribution in [2.75, 3.05) is 13.1 Å². The molecule has 0 aromatic heterocycles. The lowest BCUT2D eigenvalue weighted by molar-refractivity contribution is -0.121. The van der Waals surface area contributed by atoms with Crippen molar-refractivity contribution in [2.24, 2.45) is 0 Å². The van der Waals surface area contributed by atoms with E-state index in [1.54, 1.807) is 30.3 Å². The highest BCUT2D eigenvalue weighted by molar-refractivity contribution is 7.89. The fraction of sp³-hybridized carbons (Fsp3) is 0.208. The molecular weight excluding hydrogens is 396 g/mol.